The number of aliphatic hydroxyl groups excluding tert-OH is 1. The zero-order valence-electron chi connectivity index (χ0n) is 10.8. The average Bonchev–Trinajstić information content (AvgIpc) is 2.86. The van der Waals surface area contributed by atoms with Crippen LogP contribution < -0.4 is 0 Å². The molecule has 2 saturated heterocycles. The second-order valence-corrected chi connectivity index (χ2v) is 7.61. The number of thioether (sulfide) groups is 1. The van der Waals surface area contributed by atoms with Crippen molar-refractivity contribution in [1.82, 2.24) is 0 Å². The van der Waals surface area contributed by atoms with E-state index in [9.17, 15) is 5.11 Å². The standard InChI is InChI=1S/C15H19BrO2S/c16-13-3-1-2-11(8-13)14(17)12-4-6-18-15(9-12)5-7-19-10-15/h1-3,8,12,14,17H,4-7,9-10H2. The summed E-state index contributed by atoms with van der Waals surface area (Å²) in [6.45, 7) is 0.788. The summed E-state index contributed by atoms with van der Waals surface area (Å²) in [5.41, 5.74) is 1.06. The number of benzene rings is 1. The molecule has 1 aromatic carbocycles. The minimum atomic E-state index is -0.371. The van der Waals surface area contributed by atoms with Crippen LogP contribution in [0.3, 0.4) is 0 Å². The number of hydrogen-bond acceptors (Lipinski definition) is 3. The highest BCUT2D eigenvalue weighted by atomic mass is 79.9. The van der Waals surface area contributed by atoms with E-state index in [1.54, 1.807) is 0 Å². The molecule has 2 heterocycles. The van der Waals surface area contributed by atoms with E-state index in [0.717, 1.165) is 41.7 Å². The summed E-state index contributed by atoms with van der Waals surface area (Å²) in [4.78, 5) is 0. The van der Waals surface area contributed by atoms with E-state index in [1.807, 2.05) is 36.0 Å². The summed E-state index contributed by atoms with van der Waals surface area (Å²) in [5.74, 6) is 2.61. The van der Waals surface area contributed by atoms with Gasteiger partial charge in [-0.3, -0.25) is 0 Å². The van der Waals surface area contributed by atoms with E-state index in [2.05, 4.69) is 15.9 Å². The third-order valence-electron chi connectivity index (χ3n) is 4.23. The molecule has 2 aliphatic rings. The van der Waals surface area contributed by atoms with Gasteiger partial charge in [-0.15, -0.1) is 0 Å². The molecule has 104 valence electrons. The predicted molar refractivity (Wildman–Crippen MR) is 82.5 cm³/mol. The summed E-state index contributed by atoms with van der Waals surface area (Å²) in [5, 5.41) is 10.6. The lowest BCUT2D eigenvalue weighted by atomic mass is 9.80. The molecule has 3 rings (SSSR count). The van der Waals surface area contributed by atoms with Crippen LogP contribution in [0.1, 0.15) is 30.9 Å². The Hall–Kier alpha value is -0.0300. The average molecular weight is 343 g/mol. The smallest absolute Gasteiger partial charge is 0.0820 e. The van der Waals surface area contributed by atoms with E-state index in [4.69, 9.17) is 4.74 Å². The number of hydrogen-bond donors (Lipinski definition) is 1. The molecule has 0 aromatic heterocycles. The maximum Gasteiger partial charge on any atom is 0.0820 e. The van der Waals surface area contributed by atoms with Gasteiger partial charge in [-0.05, 0) is 48.6 Å². The van der Waals surface area contributed by atoms with Crippen LogP contribution in [0.5, 0.6) is 0 Å². The first-order valence-corrected chi connectivity index (χ1v) is 8.79. The molecule has 2 nitrogen and oxygen atoms in total. The second-order valence-electron chi connectivity index (χ2n) is 5.59. The van der Waals surface area contributed by atoms with Gasteiger partial charge >= 0.3 is 0 Å². The van der Waals surface area contributed by atoms with E-state index in [1.165, 1.54) is 5.75 Å². The van der Waals surface area contributed by atoms with Crippen molar-refractivity contribution < 1.29 is 9.84 Å². The second kappa shape index (κ2) is 5.76. The van der Waals surface area contributed by atoms with Crippen molar-refractivity contribution in [3.63, 3.8) is 0 Å². The van der Waals surface area contributed by atoms with Gasteiger partial charge in [0.1, 0.15) is 0 Å². The van der Waals surface area contributed by atoms with Crippen LogP contribution in [0.2, 0.25) is 0 Å². The van der Waals surface area contributed by atoms with E-state index >= 15 is 0 Å². The van der Waals surface area contributed by atoms with Gasteiger partial charge in [0.2, 0.25) is 0 Å². The molecule has 1 N–H and O–H groups in total. The molecule has 3 unspecified atom stereocenters. The Morgan fingerprint density at radius 3 is 3.11 bits per heavy atom. The van der Waals surface area contributed by atoms with Crippen LogP contribution in [-0.2, 0) is 4.74 Å². The van der Waals surface area contributed by atoms with Gasteiger partial charge in [-0.25, -0.2) is 0 Å². The molecule has 3 atom stereocenters. The van der Waals surface area contributed by atoms with E-state index < -0.39 is 0 Å². The molecular formula is C15H19BrO2S. The fourth-order valence-electron chi connectivity index (χ4n) is 3.16. The summed E-state index contributed by atoms with van der Waals surface area (Å²) < 4.78 is 7.06. The van der Waals surface area contributed by atoms with Crippen molar-refractivity contribution in [2.45, 2.75) is 31.0 Å². The summed E-state index contributed by atoms with van der Waals surface area (Å²) in [6, 6.07) is 8.02. The quantitative estimate of drug-likeness (QED) is 0.886. The first kappa shape index (κ1) is 13.9. The van der Waals surface area contributed by atoms with Gasteiger partial charge in [0.15, 0.2) is 0 Å². The van der Waals surface area contributed by atoms with Gasteiger partial charge in [0.25, 0.3) is 0 Å². The van der Waals surface area contributed by atoms with Crippen molar-refractivity contribution in [2.24, 2.45) is 5.92 Å². The zero-order chi connectivity index (χ0) is 13.3. The first-order chi connectivity index (χ1) is 9.19. The Kier molecular flexibility index (Phi) is 4.22. The van der Waals surface area contributed by atoms with Crippen molar-refractivity contribution in [2.75, 3.05) is 18.1 Å². The molecule has 4 heteroatoms. The van der Waals surface area contributed by atoms with E-state index in [0.29, 0.717) is 5.92 Å². The normalized spacial score (nSPS) is 32.6. The molecule has 19 heavy (non-hydrogen) atoms. The van der Waals surface area contributed by atoms with Crippen molar-refractivity contribution >= 4 is 27.7 Å². The van der Waals surface area contributed by atoms with Crippen LogP contribution in [0.4, 0.5) is 0 Å². The van der Waals surface area contributed by atoms with Crippen LogP contribution in [-0.4, -0.2) is 28.8 Å². The number of halogens is 1. The largest absolute Gasteiger partial charge is 0.388 e. The minimum Gasteiger partial charge on any atom is -0.388 e. The summed E-state index contributed by atoms with van der Waals surface area (Å²) in [7, 11) is 0. The molecule has 0 bridgehead atoms. The van der Waals surface area contributed by atoms with Gasteiger partial charge < -0.3 is 9.84 Å². The fourth-order valence-corrected chi connectivity index (χ4v) is 4.96. The highest BCUT2D eigenvalue weighted by Crippen LogP contribution is 2.44. The molecule has 0 saturated carbocycles. The third-order valence-corrected chi connectivity index (χ3v) is 5.95. The molecule has 2 aliphatic heterocycles. The third kappa shape index (κ3) is 3.02. The van der Waals surface area contributed by atoms with Crippen LogP contribution in [0, 0.1) is 5.92 Å². The highest BCUT2D eigenvalue weighted by Gasteiger charge is 2.42. The molecule has 0 radical (unpaired) electrons. The molecule has 1 spiro atoms. The zero-order valence-corrected chi connectivity index (χ0v) is 13.3. The Morgan fingerprint density at radius 1 is 1.47 bits per heavy atom. The highest BCUT2D eigenvalue weighted by molar-refractivity contribution is 9.10. The van der Waals surface area contributed by atoms with Gasteiger partial charge in [-0.1, -0.05) is 28.1 Å². The number of ether oxygens (including phenoxy) is 1. The SMILES string of the molecule is OC(c1cccc(Br)c1)C1CCOC2(CCSC2)C1. The van der Waals surface area contributed by atoms with Crippen LogP contribution in [0.15, 0.2) is 28.7 Å². The number of rotatable bonds is 2. The van der Waals surface area contributed by atoms with Crippen molar-refractivity contribution in [3.05, 3.63) is 34.3 Å². The Labute approximate surface area is 127 Å². The Morgan fingerprint density at radius 2 is 2.37 bits per heavy atom. The molecule has 0 amide bonds. The van der Waals surface area contributed by atoms with E-state index in [-0.39, 0.29) is 11.7 Å². The lowest BCUT2D eigenvalue weighted by Gasteiger charge is -2.39. The monoisotopic (exact) mass is 342 g/mol. The first-order valence-electron chi connectivity index (χ1n) is 6.84. The van der Waals surface area contributed by atoms with Gasteiger partial charge in [0.05, 0.1) is 11.7 Å². The molecular weight excluding hydrogens is 324 g/mol. The maximum absolute atomic E-state index is 10.6. The minimum absolute atomic E-state index is 0.0422. The summed E-state index contributed by atoms with van der Waals surface area (Å²) in [6.07, 6.45) is 2.72. The fraction of sp³-hybridized carbons (Fsp3) is 0.600. The Balaban J connectivity index is 1.74. The molecule has 2 fully saturated rings. The van der Waals surface area contributed by atoms with Crippen LogP contribution >= 0.6 is 27.7 Å². The van der Waals surface area contributed by atoms with Crippen molar-refractivity contribution in [1.29, 1.82) is 0 Å². The predicted octanol–water partition coefficient (Wildman–Crippen LogP) is 3.78. The lowest BCUT2D eigenvalue weighted by Crippen LogP contribution is -2.41. The van der Waals surface area contributed by atoms with Gasteiger partial charge in [-0.2, -0.15) is 11.8 Å². The Bertz CT molecular complexity index is 446. The van der Waals surface area contributed by atoms with Crippen LogP contribution in [0.25, 0.3) is 0 Å². The lowest BCUT2D eigenvalue weighted by molar-refractivity contribution is -0.102. The summed E-state index contributed by atoms with van der Waals surface area (Å²) >= 11 is 5.45. The molecule has 1 aromatic rings. The van der Waals surface area contributed by atoms with Gasteiger partial charge in [0, 0.05) is 16.8 Å². The topological polar surface area (TPSA) is 29.5 Å². The van der Waals surface area contributed by atoms with Crippen molar-refractivity contribution in [3.8, 4) is 0 Å². The number of aliphatic hydroxyl groups is 1. The molecule has 0 aliphatic carbocycles. The maximum atomic E-state index is 10.6.